The van der Waals surface area contributed by atoms with Gasteiger partial charge in [-0.1, -0.05) is 43.6 Å². The van der Waals surface area contributed by atoms with Crippen LogP contribution in [0.15, 0.2) is 42.5 Å². The third-order valence-corrected chi connectivity index (χ3v) is 4.28. The summed E-state index contributed by atoms with van der Waals surface area (Å²) >= 11 is 6.01. The number of nitrogens with one attached hydrogen (secondary N) is 2. The summed E-state index contributed by atoms with van der Waals surface area (Å²) in [5.74, 6) is -0.306. The monoisotopic (exact) mass is 374 g/mol. The molecule has 5 nitrogen and oxygen atoms in total. The van der Waals surface area contributed by atoms with Gasteiger partial charge in [0.15, 0.2) is 0 Å². The number of anilines is 1. The zero-order chi connectivity index (χ0) is 19.3. The number of ether oxygens (including phenoxy) is 1. The van der Waals surface area contributed by atoms with E-state index >= 15 is 0 Å². The van der Waals surface area contributed by atoms with E-state index in [1.54, 1.807) is 36.4 Å². The largest absolute Gasteiger partial charge is 0.496 e. The van der Waals surface area contributed by atoms with E-state index in [2.05, 4.69) is 10.6 Å². The smallest absolute Gasteiger partial charge is 0.255 e. The van der Waals surface area contributed by atoms with Crippen molar-refractivity contribution in [3.8, 4) is 5.75 Å². The number of methoxy groups -OCH3 is 1. The summed E-state index contributed by atoms with van der Waals surface area (Å²) in [5, 5.41) is 6.18. The molecule has 0 heterocycles. The molecule has 2 aromatic rings. The van der Waals surface area contributed by atoms with Crippen LogP contribution in [0.4, 0.5) is 5.69 Å². The number of amides is 2. The minimum Gasteiger partial charge on any atom is -0.496 e. The van der Waals surface area contributed by atoms with E-state index < -0.39 is 6.04 Å². The van der Waals surface area contributed by atoms with Crippen LogP contribution in [0.25, 0.3) is 0 Å². The van der Waals surface area contributed by atoms with E-state index in [9.17, 15) is 9.59 Å². The first kappa shape index (κ1) is 19.8. The molecule has 0 aliphatic carbocycles. The first-order chi connectivity index (χ1) is 12.3. The molecule has 2 N–H and O–H groups in total. The summed E-state index contributed by atoms with van der Waals surface area (Å²) in [7, 11) is 1.50. The lowest BCUT2D eigenvalue weighted by atomic mass is 10.0. The highest BCUT2D eigenvalue weighted by Crippen LogP contribution is 2.21. The second kappa shape index (κ2) is 8.72. The first-order valence-corrected chi connectivity index (χ1v) is 8.72. The summed E-state index contributed by atoms with van der Waals surface area (Å²) in [6.07, 6.45) is 0. The Balaban J connectivity index is 2.19. The molecule has 2 aromatic carbocycles. The number of benzene rings is 2. The molecule has 6 heteroatoms. The summed E-state index contributed by atoms with van der Waals surface area (Å²) in [6, 6.07) is 11.5. The molecular formula is C20H23ClN2O3. The lowest BCUT2D eigenvalue weighted by Crippen LogP contribution is -2.47. The quantitative estimate of drug-likeness (QED) is 0.801. The fourth-order valence-corrected chi connectivity index (χ4v) is 2.70. The summed E-state index contributed by atoms with van der Waals surface area (Å²) in [6.45, 7) is 5.62. The van der Waals surface area contributed by atoms with E-state index in [0.29, 0.717) is 22.0 Å². The Morgan fingerprint density at radius 3 is 2.46 bits per heavy atom. The highest BCUT2D eigenvalue weighted by Gasteiger charge is 2.26. The van der Waals surface area contributed by atoms with Crippen molar-refractivity contribution in [2.75, 3.05) is 12.4 Å². The Morgan fingerprint density at radius 2 is 1.81 bits per heavy atom. The van der Waals surface area contributed by atoms with Gasteiger partial charge in [-0.3, -0.25) is 9.59 Å². The first-order valence-electron chi connectivity index (χ1n) is 8.34. The number of hydrogen-bond acceptors (Lipinski definition) is 3. The van der Waals surface area contributed by atoms with E-state index in [1.165, 1.54) is 7.11 Å². The van der Waals surface area contributed by atoms with Gasteiger partial charge in [-0.15, -0.1) is 0 Å². The van der Waals surface area contributed by atoms with Crippen molar-refractivity contribution in [1.29, 1.82) is 0 Å². The molecule has 0 aliphatic heterocycles. The molecule has 1 unspecified atom stereocenters. The molecule has 1 atom stereocenters. The molecule has 0 aliphatic rings. The standard InChI is InChI=1S/C20H23ClN2O3/c1-12(2)18(20(25)22-16-11-14(21)10-9-13(16)3)23-19(24)15-7-5-6-8-17(15)26-4/h5-12,18H,1-4H3,(H,22,25)(H,23,24). The summed E-state index contributed by atoms with van der Waals surface area (Å²) in [4.78, 5) is 25.4. The Kier molecular flexibility index (Phi) is 6.64. The van der Waals surface area contributed by atoms with Crippen LogP contribution in [-0.2, 0) is 4.79 Å². The zero-order valence-corrected chi connectivity index (χ0v) is 16.1. The molecule has 0 spiro atoms. The van der Waals surface area contributed by atoms with Crippen molar-refractivity contribution in [2.24, 2.45) is 5.92 Å². The summed E-state index contributed by atoms with van der Waals surface area (Å²) in [5.41, 5.74) is 1.90. The predicted molar refractivity (Wildman–Crippen MR) is 104 cm³/mol. The second-order valence-electron chi connectivity index (χ2n) is 6.34. The van der Waals surface area contributed by atoms with Gasteiger partial charge in [0.05, 0.1) is 12.7 Å². The van der Waals surface area contributed by atoms with Crippen LogP contribution >= 0.6 is 11.6 Å². The molecule has 0 saturated carbocycles. The molecule has 2 rings (SSSR count). The van der Waals surface area contributed by atoms with Crippen LogP contribution in [-0.4, -0.2) is 25.0 Å². The van der Waals surface area contributed by atoms with E-state index in [4.69, 9.17) is 16.3 Å². The van der Waals surface area contributed by atoms with Crippen molar-refractivity contribution in [1.82, 2.24) is 5.32 Å². The van der Waals surface area contributed by atoms with Crippen molar-refractivity contribution in [3.63, 3.8) is 0 Å². The van der Waals surface area contributed by atoms with Crippen LogP contribution in [0.3, 0.4) is 0 Å². The molecule has 26 heavy (non-hydrogen) atoms. The molecule has 0 bridgehead atoms. The van der Waals surface area contributed by atoms with Crippen molar-refractivity contribution >= 4 is 29.1 Å². The molecule has 0 aromatic heterocycles. The van der Waals surface area contributed by atoms with Crippen molar-refractivity contribution < 1.29 is 14.3 Å². The number of rotatable bonds is 6. The van der Waals surface area contributed by atoms with Gasteiger partial charge in [-0.05, 0) is 42.7 Å². The third-order valence-electron chi connectivity index (χ3n) is 4.04. The van der Waals surface area contributed by atoms with Crippen LogP contribution < -0.4 is 15.4 Å². The second-order valence-corrected chi connectivity index (χ2v) is 6.78. The number of aryl methyl sites for hydroxylation is 1. The lowest BCUT2D eigenvalue weighted by molar-refractivity contribution is -0.118. The Morgan fingerprint density at radius 1 is 1.12 bits per heavy atom. The number of para-hydroxylation sites is 1. The summed E-state index contributed by atoms with van der Waals surface area (Å²) < 4.78 is 5.22. The molecule has 2 amide bonds. The van der Waals surface area contributed by atoms with E-state index in [0.717, 1.165) is 5.56 Å². The van der Waals surface area contributed by atoms with Gasteiger partial charge in [0.25, 0.3) is 5.91 Å². The number of carbonyl (C=O) groups excluding carboxylic acids is 2. The number of carbonyl (C=O) groups is 2. The number of halogens is 1. The molecule has 0 fully saturated rings. The van der Waals surface area contributed by atoms with Gasteiger partial charge in [-0.25, -0.2) is 0 Å². The molecule has 0 radical (unpaired) electrons. The maximum atomic E-state index is 12.7. The van der Waals surface area contributed by atoms with Crippen molar-refractivity contribution in [2.45, 2.75) is 26.8 Å². The van der Waals surface area contributed by atoms with Crippen LogP contribution in [0.1, 0.15) is 29.8 Å². The fraction of sp³-hybridized carbons (Fsp3) is 0.300. The molecule has 0 saturated heterocycles. The highest BCUT2D eigenvalue weighted by molar-refractivity contribution is 6.31. The van der Waals surface area contributed by atoms with E-state index in [-0.39, 0.29) is 17.7 Å². The minimum atomic E-state index is -0.703. The van der Waals surface area contributed by atoms with Gasteiger partial charge in [0, 0.05) is 10.7 Å². The van der Waals surface area contributed by atoms with Gasteiger partial charge < -0.3 is 15.4 Å². The van der Waals surface area contributed by atoms with Gasteiger partial charge in [-0.2, -0.15) is 0 Å². The average Bonchev–Trinajstić information content (AvgIpc) is 2.62. The van der Waals surface area contributed by atoms with Crippen LogP contribution in [0, 0.1) is 12.8 Å². The fourth-order valence-electron chi connectivity index (χ4n) is 2.53. The van der Waals surface area contributed by atoms with Gasteiger partial charge >= 0.3 is 0 Å². The maximum absolute atomic E-state index is 12.7. The third kappa shape index (κ3) is 4.76. The Labute approximate surface area is 158 Å². The van der Waals surface area contributed by atoms with E-state index in [1.807, 2.05) is 26.8 Å². The number of hydrogen-bond donors (Lipinski definition) is 2. The lowest BCUT2D eigenvalue weighted by Gasteiger charge is -2.22. The average molecular weight is 375 g/mol. The molecule has 138 valence electrons. The van der Waals surface area contributed by atoms with Crippen LogP contribution in [0.5, 0.6) is 5.75 Å². The SMILES string of the molecule is COc1ccccc1C(=O)NC(C(=O)Nc1cc(Cl)ccc1C)C(C)C. The molecular weight excluding hydrogens is 352 g/mol. The maximum Gasteiger partial charge on any atom is 0.255 e. The minimum absolute atomic E-state index is 0.104. The normalized spacial score (nSPS) is 11.8. The zero-order valence-electron chi connectivity index (χ0n) is 15.3. The van der Waals surface area contributed by atoms with Gasteiger partial charge in [0.2, 0.25) is 5.91 Å². The van der Waals surface area contributed by atoms with Crippen molar-refractivity contribution in [3.05, 3.63) is 58.6 Å². The highest BCUT2D eigenvalue weighted by atomic mass is 35.5. The topological polar surface area (TPSA) is 67.4 Å². The van der Waals surface area contributed by atoms with Gasteiger partial charge in [0.1, 0.15) is 11.8 Å². The predicted octanol–water partition coefficient (Wildman–Crippen LogP) is 4.05. The Bertz CT molecular complexity index is 805. The Hall–Kier alpha value is -2.53. The van der Waals surface area contributed by atoms with Crippen LogP contribution in [0.2, 0.25) is 5.02 Å².